The Labute approximate surface area is 346 Å². The Morgan fingerprint density at radius 2 is 1.71 bits per heavy atom. The number of amides is 2. The van der Waals surface area contributed by atoms with Crippen LogP contribution in [-0.4, -0.2) is 83.3 Å². The summed E-state index contributed by atoms with van der Waals surface area (Å²) in [5.74, 6) is -0.757. The second-order valence-electron chi connectivity index (χ2n) is 19.0. The van der Waals surface area contributed by atoms with Gasteiger partial charge in [-0.05, 0) is 105 Å². The lowest BCUT2D eigenvalue weighted by atomic mass is 9.54. The van der Waals surface area contributed by atoms with Crippen molar-refractivity contribution in [2.75, 3.05) is 19.6 Å². The van der Waals surface area contributed by atoms with Gasteiger partial charge in [0.25, 0.3) is 0 Å². The Kier molecular flexibility index (Phi) is 11.5. The lowest BCUT2D eigenvalue weighted by molar-refractivity contribution is -0.174. The van der Waals surface area contributed by atoms with E-state index in [0.717, 1.165) is 57.9 Å². The lowest BCUT2D eigenvalue weighted by Gasteiger charge is -2.52. The van der Waals surface area contributed by atoms with Gasteiger partial charge in [-0.15, -0.1) is 0 Å². The van der Waals surface area contributed by atoms with Crippen molar-refractivity contribution < 1.29 is 37.4 Å². The molecule has 318 valence electrons. The number of piperidine rings is 1. The molecule has 2 unspecified atom stereocenters. The molecular weight excluding hydrogens is 756 g/mol. The Balaban J connectivity index is 0.953. The average Bonchev–Trinajstić information content (AvgIpc) is 3.43. The molecule has 6 aliphatic rings. The summed E-state index contributed by atoms with van der Waals surface area (Å²) in [6.45, 7) is 10.9. The molecule has 1 spiro atoms. The number of carbonyl (C=O) groups excluding carboxylic acids is 3. The van der Waals surface area contributed by atoms with Crippen molar-refractivity contribution in [1.82, 2.24) is 15.5 Å². The number of aliphatic hydroxyl groups excluding tert-OH is 1. The van der Waals surface area contributed by atoms with Crippen LogP contribution in [0.3, 0.4) is 0 Å². The number of carbonyl (C=O) groups is 3. The zero-order valence-electron chi connectivity index (χ0n) is 34.8. The van der Waals surface area contributed by atoms with Crippen molar-refractivity contribution in [3.63, 3.8) is 0 Å². The fraction of sp³-hybridized carbons (Fsp3) is 0.604. The molecule has 4 aliphatic carbocycles. The van der Waals surface area contributed by atoms with Gasteiger partial charge in [0.1, 0.15) is 6.04 Å². The first-order valence-electron chi connectivity index (χ1n) is 21.9. The van der Waals surface area contributed by atoms with Crippen LogP contribution in [0.5, 0.6) is 0 Å². The molecule has 2 aliphatic heterocycles. The maximum atomic E-state index is 13.6. The molecular formula is C48H60F3N3O5. The van der Waals surface area contributed by atoms with Gasteiger partial charge < -0.3 is 20.5 Å². The molecule has 2 aromatic rings. The van der Waals surface area contributed by atoms with Crippen LogP contribution in [0.25, 0.3) is 0 Å². The number of benzene rings is 2. The number of aliphatic hydroxyl groups is 1. The quantitative estimate of drug-likeness (QED) is 0.177. The number of alkyl halides is 3. The fourth-order valence-electron chi connectivity index (χ4n) is 12.4. The van der Waals surface area contributed by atoms with E-state index in [9.17, 15) is 32.7 Å². The molecule has 8 nitrogen and oxygen atoms in total. The van der Waals surface area contributed by atoms with Crippen molar-refractivity contribution in [1.29, 1.82) is 0 Å². The third kappa shape index (κ3) is 7.96. The predicted molar refractivity (Wildman–Crippen MR) is 219 cm³/mol. The van der Waals surface area contributed by atoms with E-state index in [1.807, 2.05) is 11.4 Å². The molecule has 8 rings (SSSR count). The SMILES string of the molecule is CC1=C2C[C@H]3CC(CC=C4C[C@@H](O)CC[C@@]43C)[C@@H]2CC[C@]12O[C@@H]1C[C@H](C)CN(CCNC(=O)C(Cc3ccc(C(=O)c4ccccc4)cc3)NC(=O)C(F)(F)F)[C@H]1[C@H]2C. The first kappa shape index (κ1) is 41.9. The van der Waals surface area contributed by atoms with Gasteiger partial charge in [-0.2, -0.15) is 13.2 Å². The van der Waals surface area contributed by atoms with Crippen LogP contribution in [0.4, 0.5) is 13.2 Å². The largest absolute Gasteiger partial charge is 0.471 e. The van der Waals surface area contributed by atoms with E-state index in [0.29, 0.717) is 46.9 Å². The van der Waals surface area contributed by atoms with E-state index in [4.69, 9.17) is 4.74 Å². The van der Waals surface area contributed by atoms with Gasteiger partial charge in [0, 0.05) is 49.1 Å². The number of ether oxygens (including phenoxy) is 1. The van der Waals surface area contributed by atoms with E-state index in [1.54, 1.807) is 54.1 Å². The summed E-state index contributed by atoms with van der Waals surface area (Å²) in [6, 6.07) is 13.8. The molecule has 0 aromatic heterocycles. The summed E-state index contributed by atoms with van der Waals surface area (Å²) in [5.41, 5.74) is 5.70. The second kappa shape index (κ2) is 16.2. The number of nitrogens with zero attached hydrogens (tertiary/aromatic N) is 1. The summed E-state index contributed by atoms with van der Waals surface area (Å²) < 4.78 is 47.6. The minimum atomic E-state index is -5.16. The van der Waals surface area contributed by atoms with Gasteiger partial charge >= 0.3 is 12.1 Å². The smallest absolute Gasteiger partial charge is 0.393 e. The second-order valence-corrected chi connectivity index (χ2v) is 19.0. The van der Waals surface area contributed by atoms with E-state index in [1.165, 1.54) is 17.6 Å². The summed E-state index contributed by atoms with van der Waals surface area (Å²) in [4.78, 5) is 41.0. The van der Waals surface area contributed by atoms with Crippen LogP contribution in [0.2, 0.25) is 0 Å². The summed E-state index contributed by atoms with van der Waals surface area (Å²) in [6.07, 6.45) is 6.16. The van der Waals surface area contributed by atoms with Gasteiger partial charge in [-0.1, -0.05) is 92.6 Å². The Hall–Kier alpha value is -3.80. The topological polar surface area (TPSA) is 108 Å². The molecule has 2 amide bonds. The lowest BCUT2D eigenvalue weighted by Crippen LogP contribution is -2.55. The van der Waals surface area contributed by atoms with Crippen LogP contribution in [-0.2, 0) is 20.7 Å². The third-order valence-electron chi connectivity index (χ3n) is 15.6. The molecule has 2 saturated carbocycles. The van der Waals surface area contributed by atoms with Crippen LogP contribution in [0.15, 0.2) is 77.4 Å². The van der Waals surface area contributed by atoms with Crippen LogP contribution in [0, 0.1) is 35.0 Å². The monoisotopic (exact) mass is 815 g/mol. The number of hydrogen-bond donors (Lipinski definition) is 3. The zero-order chi connectivity index (χ0) is 41.9. The number of hydrogen-bond acceptors (Lipinski definition) is 6. The van der Waals surface area contributed by atoms with Gasteiger partial charge in [-0.3, -0.25) is 19.3 Å². The van der Waals surface area contributed by atoms with Crippen molar-refractivity contribution in [3.05, 3.63) is 94.1 Å². The maximum absolute atomic E-state index is 13.6. The van der Waals surface area contributed by atoms with E-state index >= 15 is 0 Å². The number of fused-ring (bicyclic) bond motifs is 7. The number of allylic oxidation sites excluding steroid dienone is 2. The summed E-state index contributed by atoms with van der Waals surface area (Å²) in [7, 11) is 0. The van der Waals surface area contributed by atoms with Gasteiger partial charge in [0.2, 0.25) is 5.91 Å². The van der Waals surface area contributed by atoms with Gasteiger partial charge in [0.15, 0.2) is 5.78 Å². The van der Waals surface area contributed by atoms with E-state index in [2.05, 4.69) is 44.0 Å². The van der Waals surface area contributed by atoms with Crippen molar-refractivity contribution in [2.45, 2.75) is 128 Å². The number of ketones is 1. The minimum Gasteiger partial charge on any atom is -0.393 e. The highest BCUT2D eigenvalue weighted by atomic mass is 19.4. The van der Waals surface area contributed by atoms with Crippen molar-refractivity contribution in [3.8, 4) is 0 Å². The zero-order valence-corrected chi connectivity index (χ0v) is 34.8. The molecule has 4 fully saturated rings. The summed E-state index contributed by atoms with van der Waals surface area (Å²) in [5, 5.41) is 15.3. The molecule has 2 saturated heterocycles. The van der Waals surface area contributed by atoms with Crippen LogP contribution >= 0.6 is 0 Å². The average molecular weight is 816 g/mol. The highest BCUT2D eigenvalue weighted by molar-refractivity contribution is 6.09. The minimum absolute atomic E-state index is 0.0311. The number of likely N-dealkylation sites (tertiary alicyclic amines) is 1. The Morgan fingerprint density at radius 3 is 2.44 bits per heavy atom. The van der Waals surface area contributed by atoms with Crippen LogP contribution in [0.1, 0.15) is 107 Å². The van der Waals surface area contributed by atoms with Gasteiger partial charge in [-0.25, -0.2) is 0 Å². The maximum Gasteiger partial charge on any atom is 0.471 e. The highest BCUT2D eigenvalue weighted by Crippen LogP contribution is 2.62. The van der Waals surface area contributed by atoms with Crippen LogP contribution < -0.4 is 10.6 Å². The predicted octanol–water partition coefficient (Wildman–Crippen LogP) is 7.74. The fourth-order valence-corrected chi connectivity index (χ4v) is 12.4. The van der Waals surface area contributed by atoms with Gasteiger partial charge in [0.05, 0.1) is 17.8 Å². The normalized spacial score (nSPS) is 34.8. The highest BCUT2D eigenvalue weighted by Gasteiger charge is 2.60. The molecule has 11 heteroatoms. The van der Waals surface area contributed by atoms with Crippen molar-refractivity contribution >= 4 is 17.6 Å². The molecule has 0 radical (unpaired) electrons. The third-order valence-corrected chi connectivity index (χ3v) is 15.6. The molecule has 2 heterocycles. The summed E-state index contributed by atoms with van der Waals surface area (Å²) >= 11 is 0. The number of halogens is 3. The molecule has 11 atom stereocenters. The number of rotatable bonds is 9. The molecule has 59 heavy (non-hydrogen) atoms. The molecule has 3 N–H and O–H groups in total. The standard InChI is InChI=1S/C48H60F3N3O5/c1-28-22-41-42(30(3)47(59-41)19-17-38-34-14-15-35-25-37(55)16-18-46(35,4)36(24-34)26-39(38)29(47)2)54(27-28)21-20-52-44(57)40(53-45(58)48(49,50)51)23-31-10-12-33(13-11-31)43(56)32-8-6-5-7-9-32/h5-13,15,28,30,34,36-38,40-42,55H,14,16-27H2,1-4H3,(H,52,57)(H,53,58)/t28-,30+,34?,36+,37-,38-,40?,41+,42-,46-,47-/m0/s1. The molecule has 2 bridgehead atoms. The van der Waals surface area contributed by atoms with E-state index in [-0.39, 0.29) is 53.9 Å². The first-order valence-corrected chi connectivity index (χ1v) is 21.9. The first-order chi connectivity index (χ1) is 28.1. The Morgan fingerprint density at radius 1 is 0.983 bits per heavy atom. The molecule has 2 aromatic carbocycles. The van der Waals surface area contributed by atoms with Crippen molar-refractivity contribution in [2.24, 2.45) is 35.0 Å². The Bertz CT molecular complexity index is 1980. The van der Waals surface area contributed by atoms with E-state index < -0.39 is 24.0 Å². The number of nitrogens with one attached hydrogen (secondary N) is 2.